The number of ether oxygens (including phenoxy) is 1. The lowest BCUT2D eigenvalue weighted by Crippen LogP contribution is -2.33. The molecule has 0 aliphatic rings. The first kappa shape index (κ1) is 15.3. The highest BCUT2D eigenvalue weighted by Crippen LogP contribution is 2.19. The van der Waals surface area contributed by atoms with E-state index < -0.39 is 21.9 Å². The van der Waals surface area contributed by atoms with Gasteiger partial charge < -0.3 is 10.5 Å². The van der Waals surface area contributed by atoms with Gasteiger partial charge in [-0.15, -0.1) is 0 Å². The molecule has 1 aromatic carbocycles. The van der Waals surface area contributed by atoms with Gasteiger partial charge in [0.1, 0.15) is 11.7 Å². The molecule has 0 amide bonds. The summed E-state index contributed by atoms with van der Waals surface area (Å²) in [6.45, 7) is 0.264. The van der Waals surface area contributed by atoms with Gasteiger partial charge in [0.2, 0.25) is 0 Å². The molecule has 1 rings (SSSR count). The number of anilines is 1. The summed E-state index contributed by atoms with van der Waals surface area (Å²) < 4.78 is 45.8. The Morgan fingerprint density at radius 1 is 1.53 bits per heavy atom. The summed E-state index contributed by atoms with van der Waals surface area (Å²) in [7, 11) is -2.45. The second-order valence-corrected chi connectivity index (χ2v) is 5.07. The molecule has 1 aromatic rings. The van der Waals surface area contributed by atoms with Gasteiger partial charge in [-0.1, -0.05) is 6.07 Å². The Morgan fingerprint density at radius 2 is 2.21 bits per heavy atom. The van der Waals surface area contributed by atoms with Gasteiger partial charge in [0.15, 0.2) is 0 Å². The smallest absolute Gasteiger partial charge is 0.299 e. The summed E-state index contributed by atoms with van der Waals surface area (Å²) >= 11 is 0. The fourth-order valence-electron chi connectivity index (χ4n) is 1.34. The number of methoxy groups -OCH3 is 1. The largest absolute Gasteiger partial charge is 0.384 e. The number of amidine groups is 1. The van der Waals surface area contributed by atoms with Crippen molar-refractivity contribution in [3.63, 3.8) is 0 Å². The molecule has 0 saturated carbocycles. The standard InChI is InChI=1S/C10H15FN4O3S/c1-18-6-5-14-19(16,17)15-8-4-2-3-7(11)9(8)10(12)13/h2-4,14-15H,5-6H2,1H3,(H3,12,13). The fourth-order valence-corrected chi connectivity index (χ4v) is 2.23. The molecule has 0 fully saturated rings. The lowest BCUT2D eigenvalue weighted by molar-refractivity contribution is 0.204. The van der Waals surface area contributed by atoms with Crippen LogP contribution in [0.15, 0.2) is 18.2 Å². The molecule has 0 aliphatic heterocycles. The van der Waals surface area contributed by atoms with E-state index in [2.05, 4.69) is 9.44 Å². The van der Waals surface area contributed by atoms with Gasteiger partial charge in [0.05, 0.1) is 17.9 Å². The van der Waals surface area contributed by atoms with Crippen LogP contribution in [0.1, 0.15) is 5.56 Å². The third-order valence-electron chi connectivity index (χ3n) is 2.13. The number of benzene rings is 1. The van der Waals surface area contributed by atoms with Crippen molar-refractivity contribution in [3.8, 4) is 0 Å². The van der Waals surface area contributed by atoms with Crippen molar-refractivity contribution < 1.29 is 17.5 Å². The Morgan fingerprint density at radius 3 is 2.79 bits per heavy atom. The number of nitrogens with one attached hydrogen (secondary N) is 3. The summed E-state index contributed by atoms with van der Waals surface area (Å²) in [4.78, 5) is 0. The zero-order valence-corrected chi connectivity index (χ0v) is 11.1. The quantitative estimate of drug-likeness (QED) is 0.321. The van der Waals surface area contributed by atoms with Crippen LogP contribution in [-0.4, -0.2) is 34.5 Å². The Bertz CT molecular complexity index is 562. The third-order valence-corrected chi connectivity index (χ3v) is 3.20. The number of nitrogen functional groups attached to an aromatic ring is 1. The molecule has 0 unspecified atom stereocenters. The van der Waals surface area contributed by atoms with E-state index in [4.69, 9.17) is 15.9 Å². The zero-order valence-electron chi connectivity index (χ0n) is 10.2. The summed E-state index contributed by atoms with van der Waals surface area (Å²) in [6, 6.07) is 3.72. The highest BCUT2D eigenvalue weighted by Gasteiger charge is 2.16. The SMILES string of the molecule is COCCNS(=O)(=O)Nc1cccc(F)c1C(=N)N. The molecule has 7 nitrogen and oxygen atoms in total. The number of hydrogen-bond donors (Lipinski definition) is 4. The van der Waals surface area contributed by atoms with Crippen LogP contribution in [0.2, 0.25) is 0 Å². The highest BCUT2D eigenvalue weighted by atomic mass is 32.2. The molecular weight excluding hydrogens is 275 g/mol. The minimum Gasteiger partial charge on any atom is -0.384 e. The van der Waals surface area contributed by atoms with Crippen LogP contribution in [0.4, 0.5) is 10.1 Å². The first-order valence-electron chi connectivity index (χ1n) is 5.26. The summed E-state index contributed by atoms with van der Waals surface area (Å²) in [5.41, 5.74) is 4.83. The van der Waals surface area contributed by atoms with Gasteiger partial charge in [-0.3, -0.25) is 10.1 Å². The highest BCUT2D eigenvalue weighted by molar-refractivity contribution is 7.90. The Hall–Kier alpha value is -1.71. The molecule has 0 atom stereocenters. The van der Waals surface area contributed by atoms with E-state index in [-0.39, 0.29) is 24.4 Å². The molecule has 106 valence electrons. The maximum Gasteiger partial charge on any atom is 0.299 e. The van der Waals surface area contributed by atoms with Crippen molar-refractivity contribution in [2.45, 2.75) is 0 Å². The number of halogens is 1. The molecular formula is C10H15FN4O3S. The average Bonchev–Trinajstić information content (AvgIpc) is 2.27. The Labute approximate surface area is 110 Å². The van der Waals surface area contributed by atoms with Crippen LogP contribution in [-0.2, 0) is 14.9 Å². The lowest BCUT2D eigenvalue weighted by Gasteiger charge is -2.12. The molecule has 0 saturated heterocycles. The first-order chi connectivity index (χ1) is 8.87. The monoisotopic (exact) mass is 290 g/mol. The van der Waals surface area contributed by atoms with Gasteiger partial charge in [-0.05, 0) is 12.1 Å². The molecule has 0 spiro atoms. The number of hydrogen-bond acceptors (Lipinski definition) is 4. The normalized spacial score (nSPS) is 11.3. The van der Waals surface area contributed by atoms with E-state index in [1.54, 1.807) is 0 Å². The summed E-state index contributed by atoms with van der Waals surface area (Å²) in [5, 5.41) is 7.26. The van der Waals surface area contributed by atoms with Crippen molar-refractivity contribution in [3.05, 3.63) is 29.6 Å². The third kappa shape index (κ3) is 4.47. The number of nitrogens with two attached hydrogens (primary N) is 1. The molecule has 19 heavy (non-hydrogen) atoms. The minimum absolute atomic E-state index is 0.0660. The van der Waals surface area contributed by atoms with Crippen LogP contribution in [0.5, 0.6) is 0 Å². The van der Waals surface area contributed by atoms with Crippen molar-refractivity contribution >= 4 is 21.7 Å². The van der Waals surface area contributed by atoms with Gasteiger partial charge in [-0.25, -0.2) is 4.39 Å². The molecule has 0 aliphatic carbocycles. The summed E-state index contributed by atoms with van der Waals surface area (Å²) in [6.07, 6.45) is 0. The second-order valence-electron chi connectivity index (χ2n) is 3.57. The lowest BCUT2D eigenvalue weighted by atomic mass is 10.1. The number of rotatable bonds is 7. The molecule has 0 radical (unpaired) electrons. The van der Waals surface area contributed by atoms with Crippen LogP contribution in [0.3, 0.4) is 0 Å². The zero-order chi connectivity index (χ0) is 14.5. The molecule has 9 heteroatoms. The van der Waals surface area contributed by atoms with Gasteiger partial charge in [0.25, 0.3) is 10.2 Å². The Kier molecular flexibility index (Phi) is 5.21. The average molecular weight is 290 g/mol. The fraction of sp³-hybridized carbons (Fsp3) is 0.300. The minimum atomic E-state index is -3.88. The van der Waals surface area contributed by atoms with E-state index in [9.17, 15) is 12.8 Å². The van der Waals surface area contributed by atoms with Crippen LogP contribution in [0.25, 0.3) is 0 Å². The second kappa shape index (κ2) is 6.45. The van der Waals surface area contributed by atoms with Crippen LogP contribution in [0, 0.1) is 11.2 Å². The van der Waals surface area contributed by atoms with Crippen LogP contribution >= 0.6 is 0 Å². The van der Waals surface area contributed by atoms with Crippen molar-refractivity contribution in [2.75, 3.05) is 25.0 Å². The van der Waals surface area contributed by atoms with E-state index in [0.717, 1.165) is 6.07 Å². The maximum absolute atomic E-state index is 13.5. The summed E-state index contributed by atoms with van der Waals surface area (Å²) in [5.74, 6) is -1.34. The van der Waals surface area contributed by atoms with Gasteiger partial charge >= 0.3 is 0 Å². The topological polar surface area (TPSA) is 117 Å². The predicted octanol–water partition coefficient (Wildman–Crippen LogP) is 0.00247. The van der Waals surface area contributed by atoms with Crippen molar-refractivity contribution in [1.82, 2.24) is 4.72 Å². The predicted molar refractivity (Wildman–Crippen MR) is 69.8 cm³/mol. The van der Waals surface area contributed by atoms with Gasteiger partial charge in [0, 0.05) is 13.7 Å². The molecule has 0 heterocycles. The van der Waals surface area contributed by atoms with E-state index >= 15 is 0 Å². The molecule has 5 N–H and O–H groups in total. The van der Waals surface area contributed by atoms with Crippen LogP contribution < -0.4 is 15.2 Å². The first-order valence-corrected chi connectivity index (χ1v) is 6.75. The van der Waals surface area contributed by atoms with Crippen molar-refractivity contribution in [2.24, 2.45) is 5.73 Å². The maximum atomic E-state index is 13.5. The molecule has 0 aromatic heterocycles. The van der Waals surface area contributed by atoms with Crippen molar-refractivity contribution in [1.29, 1.82) is 5.41 Å². The van der Waals surface area contributed by atoms with E-state index in [1.807, 2.05) is 0 Å². The molecule has 0 bridgehead atoms. The van der Waals surface area contributed by atoms with Gasteiger partial charge in [-0.2, -0.15) is 13.1 Å². The van der Waals surface area contributed by atoms with E-state index in [1.165, 1.54) is 19.2 Å². The van der Waals surface area contributed by atoms with E-state index in [0.29, 0.717) is 0 Å². The Balaban J connectivity index is 2.93.